The molecule has 3 nitrogen and oxygen atoms in total. The number of nitrogens with zero attached hydrogens (tertiary/aromatic N) is 2. The molecule has 2 N–H and O–H groups in total. The maximum absolute atomic E-state index is 5.37. The molecule has 60 valence electrons. The third-order valence-corrected chi connectivity index (χ3v) is 1.69. The van der Waals surface area contributed by atoms with E-state index in [0.29, 0.717) is 13.1 Å². The van der Waals surface area contributed by atoms with Crippen LogP contribution in [0.3, 0.4) is 0 Å². The predicted molar refractivity (Wildman–Crippen MR) is 48.1 cm³/mol. The van der Waals surface area contributed by atoms with Crippen molar-refractivity contribution in [3.8, 4) is 0 Å². The molecule has 0 saturated heterocycles. The van der Waals surface area contributed by atoms with E-state index in [4.69, 9.17) is 5.73 Å². The van der Waals surface area contributed by atoms with Gasteiger partial charge in [0, 0.05) is 12.7 Å². The van der Waals surface area contributed by atoms with E-state index in [-0.39, 0.29) is 0 Å². The Hall–Kier alpha value is -0.610. The van der Waals surface area contributed by atoms with Gasteiger partial charge >= 0.3 is 0 Å². The maximum atomic E-state index is 5.37. The smallest absolute Gasteiger partial charge is 0.0632 e. The molecule has 0 unspecified atom stereocenters. The van der Waals surface area contributed by atoms with Crippen LogP contribution in [-0.2, 0) is 6.54 Å². The molecular weight excluding hydrogens is 206 g/mol. The summed E-state index contributed by atoms with van der Waals surface area (Å²) in [6.45, 7) is 4.98. The van der Waals surface area contributed by atoms with Gasteiger partial charge in [0.1, 0.15) is 0 Å². The van der Waals surface area contributed by atoms with Crippen molar-refractivity contribution in [2.45, 2.75) is 6.54 Å². The molecule has 0 aliphatic carbocycles. The van der Waals surface area contributed by atoms with Gasteiger partial charge in [0.2, 0.25) is 0 Å². The Kier molecular flexibility index (Phi) is 2.84. The second-order valence-electron chi connectivity index (χ2n) is 2.31. The van der Waals surface area contributed by atoms with Gasteiger partial charge in [-0.2, -0.15) is 5.10 Å². The number of aromatic nitrogens is 2. The fourth-order valence-electron chi connectivity index (χ4n) is 0.718. The van der Waals surface area contributed by atoms with Gasteiger partial charge in [-0.25, -0.2) is 0 Å². The first-order chi connectivity index (χ1) is 5.22. The van der Waals surface area contributed by atoms with Crippen molar-refractivity contribution in [1.82, 2.24) is 9.78 Å². The molecule has 1 rings (SSSR count). The first-order valence-electron chi connectivity index (χ1n) is 3.27. The highest BCUT2D eigenvalue weighted by atomic mass is 79.9. The van der Waals surface area contributed by atoms with Crippen LogP contribution < -0.4 is 5.73 Å². The predicted octanol–water partition coefficient (Wildman–Crippen LogP) is 1.16. The Morgan fingerprint density at radius 2 is 2.55 bits per heavy atom. The van der Waals surface area contributed by atoms with E-state index in [9.17, 15) is 0 Å². The van der Waals surface area contributed by atoms with Crippen molar-refractivity contribution >= 4 is 15.9 Å². The Morgan fingerprint density at radius 3 is 3.00 bits per heavy atom. The lowest BCUT2D eigenvalue weighted by molar-refractivity contribution is 0.670. The van der Waals surface area contributed by atoms with Gasteiger partial charge in [0.15, 0.2) is 0 Å². The van der Waals surface area contributed by atoms with Crippen LogP contribution in [0.15, 0.2) is 29.0 Å². The summed E-state index contributed by atoms with van der Waals surface area (Å²) in [5.41, 5.74) is 6.35. The van der Waals surface area contributed by atoms with Gasteiger partial charge in [0.25, 0.3) is 0 Å². The van der Waals surface area contributed by atoms with E-state index in [1.807, 2.05) is 6.20 Å². The molecule has 0 aliphatic heterocycles. The molecule has 0 amide bonds. The zero-order valence-electron chi connectivity index (χ0n) is 6.13. The number of rotatable bonds is 3. The van der Waals surface area contributed by atoms with Crippen LogP contribution in [0.25, 0.3) is 0 Å². The summed E-state index contributed by atoms with van der Waals surface area (Å²) in [4.78, 5) is 0. The van der Waals surface area contributed by atoms with E-state index in [0.717, 1.165) is 10.0 Å². The highest BCUT2D eigenvalue weighted by molar-refractivity contribution is 9.10. The van der Waals surface area contributed by atoms with Crippen LogP contribution in [0.2, 0.25) is 0 Å². The molecule has 0 aromatic carbocycles. The van der Waals surface area contributed by atoms with E-state index < -0.39 is 0 Å². The first kappa shape index (κ1) is 8.49. The van der Waals surface area contributed by atoms with Crippen molar-refractivity contribution in [2.75, 3.05) is 6.54 Å². The molecule has 1 heterocycles. The van der Waals surface area contributed by atoms with Gasteiger partial charge in [-0.3, -0.25) is 4.68 Å². The molecule has 0 fully saturated rings. The van der Waals surface area contributed by atoms with Gasteiger partial charge < -0.3 is 5.73 Å². The van der Waals surface area contributed by atoms with Crippen LogP contribution >= 0.6 is 15.9 Å². The standard InChI is InChI=1S/C7H10BrN3/c1-6(2-9)4-11-5-7(8)3-10-11/h3,5H,1-2,4,9H2. The summed E-state index contributed by atoms with van der Waals surface area (Å²) in [7, 11) is 0. The van der Waals surface area contributed by atoms with Gasteiger partial charge in [-0.15, -0.1) is 0 Å². The average molecular weight is 216 g/mol. The third-order valence-electron chi connectivity index (χ3n) is 1.28. The lowest BCUT2D eigenvalue weighted by atomic mass is 10.3. The van der Waals surface area contributed by atoms with E-state index in [1.165, 1.54) is 0 Å². The largest absolute Gasteiger partial charge is 0.327 e. The maximum Gasteiger partial charge on any atom is 0.0632 e. The molecule has 4 heteroatoms. The van der Waals surface area contributed by atoms with Gasteiger partial charge in [0.05, 0.1) is 17.2 Å². The highest BCUT2D eigenvalue weighted by Crippen LogP contribution is 2.06. The second-order valence-corrected chi connectivity index (χ2v) is 3.23. The van der Waals surface area contributed by atoms with E-state index in [2.05, 4.69) is 27.6 Å². The molecule has 1 aromatic heterocycles. The molecule has 0 spiro atoms. The SMILES string of the molecule is C=C(CN)Cn1cc(Br)cn1. The Morgan fingerprint density at radius 1 is 1.82 bits per heavy atom. The zero-order valence-corrected chi connectivity index (χ0v) is 7.71. The summed E-state index contributed by atoms with van der Waals surface area (Å²) < 4.78 is 2.77. The van der Waals surface area contributed by atoms with Crippen molar-refractivity contribution in [2.24, 2.45) is 5.73 Å². The number of nitrogens with two attached hydrogens (primary N) is 1. The monoisotopic (exact) mass is 215 g/mol. The molecule has 11 heavy (non-hydrogen) atoms. The molecule has 0 aliphatic rings. The number of hydrogen-bond donors (Lipinski definition) is 1. The average Bonchev–Trinajstić information content (AvgIpc) is 2.35. The molecule has 0 atom stereocenters. The topological polar surface area (TPSA) is 43.8 Å². The highest BCUT2D eigenvalue weighted by Gasteiger charge is 1.95. The Balaban J connectivity index is 2.57. The summed E-state index contributed by atoms with van der Waals surface area (Å²) in [6.07, 6.45) is 3.63. The normalized spacial score (nSPS) is 10.0. The van der Waals surface area contributed by atoms with Crippen LogP contribution in [0.1, 0.15) is 0 Å². The van der Waals surface area contributed by atoms with Crippen molar-refractivity contribution in [3.63, 3.8) is 0 Å². The third kappa shape index (κ3) is 2.48. The number of halogens is 1. The van der Waals surface area contributed by atoms with Crippen LogP contribution in [0.5, 0.6) is 0 Å². The van der Waals surface area contributed by atoms with Crippen LogP contribution in [-0.4, -0.2) is 16.3 Å². The summed E-state index contributed by atoms with van der Waals surface area (Å²) in [5.74, 6) is 0. The summed E-state index contributed by atoms with van der Waals surface area (Å²) in [6, 6.07) is 0. The Labute approximate surface area is 74.0 Å². The fraction of sp³-hybridized carbons (Fsp3) is 0.286. The molecule has 0 radical (unpaired) electrons. The second kappa shape index (κ2) is 3.69. The fourth-order valence-corrected chi connectivity index (χ4v) is 1.05. The zero-order chi connectivity index (χ0) is 8.27. The van der Waals surface area contributed by atoms with Gasteiger partial charge in [-0.1, -0.05) is 6.58 Å². The van der Waals surface area contributed by atoms with Crippen molar-refractivity contribution in [1.29, 1.82) is 0 Å². The Bertz CT molecular complexity index is 254. The minimum atomic E-state index is 0.511. The first-order valence-corrected chi connectivity index (χ1v) is 4.06. The number of hydrogen-bond acceptors (Lipinski definition) is 2. The minimum absolute atomic E-state index is 0.511. The molecule has 0 bridgehead atoms. The quantitative estimate of drug-likeness (QED) is 0.770. The summed E-state index contributed by atoms with van der Waals surface area (Å²) >= 11 is 3.30. The lowest BCUT2D eigenvalue weighted by Gasteiger charge is -2.00. The van der Waals surface area contributed by atoms with Crippen LogP contribution in [0, 0.1) is 0 Å². The van der Waals surface area contributed by atoms with Crippen molar-refractivity contribution in [3.05, 3.63) is 29.0 Å². The molecule has 0 saturated carbocycles. The van der Waals surface area contributed by atoms with Gasteiger partial charge in [-0.05, 0) is 21.5 Å². The molecule has 1 aromatic rings. The van der Waals surface area contributed by atoms with Crippen molar-refractivity contribution < 1.29 is 0 Å². The van der Waals surface area contributed by atoms with Crippen LogP contribution in [0.4, 0.5) is 0 Å². The summed E-state index contributed by atoms with van der Waals surface area (Å²) in [5, 5.41) is 4.06. The van der Waals surface area contributed by atoms with E-state index >= 15 is 0 Å². The minimum Gasteiger partial charge on any atom is -0.327 e. The van der Waals surface area contributed by atoms with E-state index in [1.54, 1.807) is 10.9 Å². The molecular formula is C7H10BrN3. The lowest BCUT2D eigenvalue weighted by Crippen LogP contribution is -2.09.